The van der Waals surface area contributed by atoms with Crippen LogP contribution in [0.15, 0.2) is 46.9 Å². The van der Waals surface area contributed by atoms with Crippen molar-refractivity contribution >= 4 is 39.1 Å². The lowest BCUT2D eigenvalue weighted by Crippen LogP contribution is -2.39. The summed E-state index contributed by atoms with van der Waals surface area (Å²) in [4.78, 5) is 11.4. The molecular formula is C15H16BrClN4O. The van der Waals surface area contributed by atoms with Gasteiger partial charge in [-0.1, -0.05) is 45.7 Å². The molecule has 2 aromatic carbocycles. The van der Waals surface area contributed by atoms with Gasteiger partial charge in [-0.3, -0.25) is 15.5 Å². The molecule has 22 heavy (non-hydrogen) atoms. The molecule has 0 aliphatic rings. The van der Waals surface area contributed by atoms with Crippen LogP contribution in [0, 0.1) is 0 Å². The first-order valence-corrected chi connectivity index (χ1v) is 7.72. The van der Waals surface area contributed by atoms with Gasteiger partial charge in [-0.05, 0) is 35.4 Å². The first-order chi connectivity index (χ1) is 10.5. The van der Waals surface area contributed by atoms with E-state index < -0.39 is 0 Å². The van der Waals surface area contributed by atoms with E-state index in [0.29, 0.717) is 10.7 Å². The van der Waals surface area contributed by atoms with Gasteiger partial charge in [0.05, 0.1) is 12.6 Å². The number of halogens is 2. The van der Waals surface area contributed by atoms with Crippen LogP contribution in [0.1, 0.15) is 17.2 Å². The van der Waals surface area contributed by atoms with Crippen molar-refractivity contribution in [1.29, 1.82) is 0 Å². The van der Waals surface area contributed by atoms with Crippen LogP contribution in [-0.2, 0) is 4.79 Å². The molecule has 0 unspecified atom stereocenters. The van der Waals surface area contributed by atoms with E-state index >= 15 is 0 Å². The van der Waals surface area contributed by atoms with Gasteiger partial charge in [-0.15, -0.1) is 0 Å². The third-order valence-electron chi connectivity index (χ3n) is 3.20. The Balaban J connectivity index is 2.43. The number of nitrogens with one attached hydrogen (secondary N) is 2. The smallest absolute Gasteiger partial charge is 0.247 e. The van der Waals surface area contributed by atoms with E-state index in [1.54, 1.807) is 12.1 Å². The summed E-state index contributed by atoms with van der Waals surface area (Å²) in [6, 6.07) is 12.6. The Kier molecular flexibility index (Phi) is 5.79. The van der Waals surface area contributed by atoms with Crippen LogP contribution in [0.2, 0.25) is 5.02 Å². The Labute approximate surface area is 142 Å². The predicted molar refractivity (Wildman–Crippen MR) is 92.2 cm³/mol. The SMILES string of the molecule is NNC(=O)CN[C@@H](c1cc(Br)ccc1N)c1ccccc1Cl. The average Bonchev–Trinajstić information content (AvgIpc) is 2.52. The molecule has 0 fully saturated rings. The summed E-state index contributed by atoms with van der Waals surface area (Å²) < 4.78 is 0.888. The van der Waals surface area contributed by atoms with Crippen LogP contribution < -0.4 is 22.3 Å². The van der Waals surface area contributed by atoms with Crippen molar-refractivity contribution in [1.82, 2.24) is 10.7 Å². The van der Waals surface area contributed by atoms with E-state index in [2.05, 4.69) is 26.7 Å². The average molecular weight is 384 g/mol. The van der Waals surface area contributed by atoms with E-state index in [0.717, 1.165) is 15.6 Å². The normalized spacial score (nSPS) is 12.0. The summed E-state index contributed by atoms with van der Waals surface area (Å²) in [5.41, 5.74) is 10.4. The van der Waals surface area contributed by atoms with Gasteiger partial charge in [0.25, 0.3) is 0 Å². The molecule has 0 radical (unpaired) electrons. The number of benzene rings is 2. The summed E-state index contributed by atoms with van der Waals surface area (Å²) in [7, 11) is 0. The van der Waals surface area contributed by atoms with Gasteiger partial charge in [0, 0.05) is 15.2 Å². The molecule has 0 saturated heterocycles. The molecule has 116 valence electrons. The number of carbonyl (C=O) groups excluding carboxylic acids is 1. The number of anilines is 1. The number of carbonyl (C=O) groups is 1. The fourth-order valence-corrected chi connectivity index (χ4v) is 2.76. The van der Waals surface area contributed by atoms with Crippen LogP contribution in [0.4, 0.5) is 5.69 Å². The van der Waals surface area contributed by atoms with Gasteiger partial charge >= 0.3 is 0 Å². The molecule has 2 rings (SSSR count). The highest BCUT2D eigenvalue weighted by Crippen LogP contribution is 2.32. The molecule has 0 heterocycles. The molecule has 0 aromatic heterocycles. The zero-order valence-electron chi connectivity index (χ0n) is 11.6. The lowest BCUT2D eigenvalue weighted by atomic mass is 9.97. The Bertz CT molecular complexity index is 680. The summed E-state index contributed by atoms with van der Waals surface area (Å²) in [6.07, 6.45) is 0. The van der Waals surface area contributed by atoms with Gasteiger partial charge in [-0.25, -0.2) is 5.84 Å². The first kappa shape index (κ1) is 16.8. The molecule has 5 nitrogen and oxygen atoms in total. The number of hydrazine groups is 1. The van der Waals surface area contributed by atoms with Crippen molar-refractivity contribution in [3.05, 3.63) is 63.1 Å². The van der Waals surface area contributed by atoms with Gasteiger partial charge in [0.2, 0.25) is 5.91 Å². The molecule has 0 spiro atoms. The molecule has 6 N–H and O–H groups in total. The maximum atomic E-state index is 11.4. The summed E-state index contributed by atoms with van der Waals surface area (Å²) in [6.45, 7) is 0.0400. The van der Waals surface area contributed by atoms with Crippen LogP contribution in [0.3, 0.4) is 0 Å². The molecule has 0 saturated carbocycles. The Morgan fingerprint density at radius 1 is 1.23 bits per heavy atom. The minimum absolute atomic E-state index is 0.0400. The maximum absolute atomic E-state index is 11.4. The lowest BCUT2D eigenvalue weighted by Gasteiger charge is -2.22. The molecule has 0 bridgehead atoms. The van der Waals surface area contributed by atoms with Crippen molar-refractivity contribution in [2.45, 2.75) is 6.04 Å². The minimum atomic E-state index is -0.330. The number of hydrogen-bond donors (Lipinski definition) is 4. The maximum Gasteiger partial charge on any atom is 0.247 e. The summed E-state index contributed by atoms with van der Waals surface area (Å²) in [5, 5.41) is 3.72. The van der Waals surface area contributed by atoms with E-state index in [1.165, 1.54) is 0 Å². The highest BCUT2D eigenvalue weighted by molar-refractivity contribution is 9.10. The number of hydrogen-bond acceptors (Lipinski definition) is 4. The van der Waals surface area contributed by atoms with E-state index in [4.69, 9.17) is 23.2 Å². The van der Waals surface area contributed by atoms with Crippen molar-refractivity contribution in [2.75, 3.05) is 12.3 Å². The second kappa shape index (κ2) is 7.60. The van der Waals surface area contributed by atoms with Crippen LogP contribution in [0.5, 0.6) is 0 Å². The third-order valence-corrected chi connectivity index (χ3v) is 4.04. The largest absolute Gasteiger partial charge is 0.398 e. The number of amides is 1. The Morgan fingerprint density at radius 3 is 2.64 bits per heavy atom. The van der Waals surface area contributed by atoms with Crippen LogP contribution >= 0.6 is 27.5 Å². The van der Waals surface area contributed by atoms with Crippen molar-refractivity contribution in [2.24, 2.45) is 5.84 Å². The fourth-order valence-electron chi connectivity index (χ4n) is 2.14. The standard InChI is InChI=1S/C15H16BrClN4O/c16-9-5-6-13(18)11(7-9)15(20-8-14(22)21-19)10-3-1-2-4-12(10)17/h1-7,15,20H,8,18-19H2,(H,21,22)/t15-/m1/s1. The van der Waals surface area contributed by atoms with Gasteiger partial charge < -0.3 is 5.73 Å². The van der Waals surface area contributed by atoms with Crippen LogP contribution in [0.25, 0.3) is 0 Å². The highest BCUT2D eigenvalue weighted by Gasteiger charge is 2.20. The third kappa shape index (κ3) is 3.98. The number of rotatable bonds is 5. The molecule has 7 heteroatoms. The van der Waals surface area contributed by atoms with E-state index in [1.807, 2.05) is 30.3 Å². The fraction of sp³-hybridized carbons (Fsp3) is 0.133. The zero-order valence-corrected chi connectivity index (χ0v) is 14.0. The van der Waals surface area contributed by atoms with Gasteiger partial charge in [0.15, 0.2) is 0 Å². The van der Waals surface area contributed by atoms with Crippen molar-refractivity contribution in [3.63, 3.8) is 0 Å². The topological polar surface area (TPSA) is 93.2 Å². The summed E-state index contributed by atoms with van der Waals surface area (Å²) in [5.74, 6) is 4.79. The molecule has 1 atom stereocenters. The molecule has 1 amide bonds. The second-order valence-corrected chi connectivity index (χ2v) is 6.00. The quantitative estimate of drug-likeness (QED) is 0.276. The van der Waals surface area contributed by atoms with Gasteiger partial charge in [-0.2, -0.15) is 0 Å². The monoisotopic (exact) mass is 382 g/mol. The molecular weight excluding hydrogens is 368 g/mol. The van der Waals surface area contributed by atoms with E-state index in [-0.39, 0.29) is 18.5 Å². The lowest BCUT2D eigenvalue weighted by molar-refractivity contribution is -0.120. The first-order valence-electron chi connectivity index (χ1n) is 6.55. The zero-order chi connectivity index (χ0) is 16.1. The minimum Gasteiger partial charge on any atom is -0.398 e. The van der Waals surface area contributed by atoms with Crippen molar-refractivity contribution in [3.8, 4) is 0 Å². The van der Waals surface area contributed by atoms with Crippen molar-refractivity contribution < 1.29 is 4.79 Å². The number of nitrogens with two attached hydrogens (primary N) is 2. The van der Waals surface area contributed by atoms with E-state index in [9.17, 15) is 4.79 Å². The second-order valence-electron chi connectivity index (χ2n) is 4.68. The number of nitrogen functional groups attached to an aromatic ring is 1. The Hall–Kier alpha value is -1.60. The molecule has 0 aliphatic heterocycles. The van der Waals surface area contributed by atoms with Crippen LogP contribution in [-0.4, -0.2) is 12.5 Å². The molecule has 0 aliphatic carbocycles. The van der Waals surface area contributed by atoms with Gasteiger partial charge in [0.1, 0.15) is 0 Å². The predicted octanol–water partition coefficient (Wildman–Crippen LogP) is 2.35. The molecule has 2 aromatic rings. The summed E-state index contributed by atoms with van der Waals surface area (Å²) >= 11 is 9.73. The Morgan fingerprint density at radius 2 is 1.95 bits per heavy atom. The highest BCUT2D eigenvalue weighted by atomic mass is 79.9.